The van der Waals surface area contributed by atoms with Gasteiger partial charge in [0.1, 0.15) is 0 Å². The van der Waals surface area contributed by atoms with Crippen molar-refractivity contribution in [1.82, 2.24) is 20.6 Å². The summed E-state index contributed by atoms with van der Waals surface area (Å²) < 4.78 is 0. The molecule has 1 aromatic rings. The number of hydrogen-bond acceptors (Lipinski definition) is 6. The molecule has 0 aliphatic carbocycles. The fraction of sp³-hybridized carbons (Fsp3) is 0.250. The Balaban J connectivity index is 2.41. The molecule has 2 rings (SSSR count). The van der Waals surface area contributed by atoms with Gasteiger partial charge in [-0.1, -0.05) is 13.0 Å². The smallest absolute Gasteiger partial charge is 0.423 e. The van der Waals surface area contributed by atoms with Gasteiger partial charge in [0.05, 0.1) is 0 Å². The van der Waals surface area contributed by atoms with E-state index in [1.54, 1.807) is 12.3 Å². The van der Waals surface area contributed by atoms with E-state index in [9.17, 15) is 0 Å². The molecule has 1 atom stereocenters. The lowest BCUT2D eigenvalue weighted by atomic mass is 9.78. The molecule has 0 amide bonds. The maximum atomic E-state index is 9.11. The molecule has 2 heterocycles. The molecular weight excluding hydrogens is 209 g/mol. The molecule has 0 bridgehead atoms. The van der Waals surface area contributed by atoms with Crippen molar-refractivity contribution in [3.05, 3.63) is 23.6 Å². The highest BCUT2D eigenvalue weighted by Crippen LogP contribution is 2.22. The zero-order valence-electron chi connectivity index (χ0n) is 8.57. The lowest BCUT2D eigenvalue weighted by Crippen LogP contribution is -2.14. The Hall–Kier alpha value is -1.80. The molecule has 7 nitrogen and oxygen atoms in total. The fourth-order valence-corrected chi connectivity index (χ4v) is 1.38. The summed E-state index contributed by atoms with van der Waals surface area (Å²) in [6.45, 7) is 1.91. The summed E-state index contributed by atoms with van der Waals surface area (Å²) >= 11 is 0. The van der Waals surface area contributed by atoms with Crippen LogP contribution in [-0.2, 0) is 0 Å². The van der Waals surface area contributed by atoms with Crippen molar-refractivity contribution < 1.29 is 10.0 Å². The van der Waals surface area contributed by atoms with E-state index in [0.717, 1.165) is 5.57 Å². The van der Waals surface area contributed by atoms with Gasteiger partial charge >= 0.3 is 7.12 Å². The molecule has 0 saturated carbocycles. The average Bonchev–Trinajstić information content (AvgIpc) is 2.69. The monoisotopic (exact) mass is 219 g/mol. The maximum absolute atomic E-state index is 9.11. The SMILES string of the molecule is CC1C=NC=C(B(O)O)C=C1c1nn[nH]n1. The molecule has 0 saturated heterocycles. The topological polar surface area (TPSA) is 107 Å². The summed E-state index contributed by atoms with van der Waals surface area (Å²) in [5, 5.41) is 31.8. The Labute approximate surface area is 91.8 Å². The summed E-state index contributed by atoms with van der Waals surface area (Å²) in [6, 6.07) is 0. The molecule has 82 valence electrons. The van der Waals surface area contributed by atoms with E-state index >= 15 is 0 Å². The largest absolute Gasteiger partial charge is 0.490 e. The average molecular weight is 219 g/mol. The third-order valence-corrected chi connectivity index (χ3v) is 2.25. The van der Waals surface area contributed by atoms with Gasteiger partial charge in [0, 0.05) is 29.4 Å². The van der Waals surface area contributed by atoms with Crippen LogP contribution >= 0.6 is 0 Å². The van der Waals surface area contributed by atoms with Crippen LogP contribution in [0.4, 0.5) is 0 Å². The Bertz CT molecular complexity index is 451. The first-order valence-corrected chi connectivity index (χ1v) is 4.73. The van der Waals surface area contributed by atoms with E-state index in [1.165, 1.54) is 6.20 Å². The van der Waals surface area contributed by atoms with Gasteiger partial charge in [-0.3, -0.25) is 4.99 Å². The summed E-state index contributed by atoms with van der Waals surface area (Å²) in [5.41, 5.74) is 1.02. The van der Waals surface area contributed by atoms with Gasteiger partial charge in [-0.15, -0.1) is 10.2 Å². The van der Waals surface area contributed by atoms with Gasteiger partial charge < -0.3 is 10.0 Å². The van der Waals surface area contributed by atoms with Crippen molar-refractivity contribution in [2.75, 3.05) is 0 Å². The molecule has 0 aromatic carbocycles. The Morgan fingerprint density at radius 2 is 2.25 bits per heavy atom. The van der Waals surface area contributed by atoms with Crippen molar-refractivity contribution in [2.24, 2.45) is 10.9 Å². The zero-order chi connectivity index (χ0) is 11.5. The van der Waals surface area contributed by atoms with E-state index in [1.807, 2.05) is 6.92 Å². The predicted molar refractivity (Wildman–Crippen MR) is 58.1 cm³/mol. The second kappa shape index (κ2) is 4.37. The first-order valence-electron chi connectivity index (χ1n) is 4.73. The van der Waals surface area contributed by atoms with Crippen molar-refractivity contribution >= 4 is 18.9 Å². The maximum Gasteiger partial charge on any atom is 0.490 e. The number of aliphatic imine (C=N–C) groups is 1. The van der Waals surface area contributed by atoms with Gasteiger partial charge in [0.2, 0.25) is 5.82 Å². The van der Waals surface area contributed by atoms with Crippen LogP contribution in [0.1, 0.15) is 12.7 Å². The molecule has 1 aliphatic heterocycles. The fourth-order valence-electron chi connectivity index (χ4n) is 1.38. The second-order valence-corrected chi connectivity index (χ2v) is 3.42. The number of nitrogens with one attached hydrogen (secondary N) is 1. The molecule has 8 heteroatoms. The molecule has 0 fully saturated rings. The Morgan fingerprint density at radius 1 is 1.44 bits per heavy atom. The van der Waals surface area contributed by atoms with E-state index in [2.05, 4.69) is 25.6 Å². The third-order valence-electron chi connectivity index (χ3n) is 2.25. The van der Waals surface area contributed by atoms with Crippen LogP contribution in [0.25, 0.3) is 5.57 Å². The quantitative estimate of drug-likeness (QED) is 0.564. The first kappa shape index (κ1) is 10.7. The molecule has 0 radical (unpaired) electrons. The number of H-pyrrole nitrogens is 1. The highest BCUT2D eigenvalue weighted by molar-refractivity contribution is 6.52. The number of aromatic amines is 1. The molecule has 16 heavy (non-hydrogen) atoms. The van der Waals surface area contributed by atoms with Gasteiger partial charge in [0.25, 0.3) is 0 Å². The van der Waals surface area contributed by atoms with E-state index < -0.39 is 7.12 Å². The van der Waals surface area contributed by atoms with Crippen molar-refractivity contribution in [3.63, 3.8) is 0 Å². The number of rotatable bonds is 2. The number of tetrazole rings is 1. The van der Waals surface area contributed by atoms with Crippen LogP contribution in [-0.4, -0.2) is 44.0 Å². The van der Waals surface area contributed by atoms with Crippen molar-refractivity contribution in [3.8, 4) is 0 Å². The highest BCUT2D eigenvalue weighted by atomic mass is 16.4. The molecule has 1 aliphatic rings. The summed E-state index contributed by atoms with van der Waals surface area (Å²) in [6.07, 6.45) is 4.68. The lowest BCUT2D eigenvalue weighted by Gasteiger charge is -2.06. The van der Waals surface area contributed by atoms with E-state index in [-0.39, 0.29) is 5.92 Å². The third kappa shape index (κ3) is 2.07. The normalized spacial score (nSPS) is 20.1. The minimum Gasteiger partial charge on any atom is -0.423 e. The number of hydrogen-bond donors (Lipinski definition) is 3. The minimum atomic E-state index is -1.57. The molecule has 1 aromatic heterocycles. The van der Waals surface area contributed by atoms with Gasteiger partial charge in [-0.2, -0.15) is 5.21 Å². The molecule has 1 unspecified atom stereocenters. The van der Waals surface area contributed by atoms with Crippen LogP contribution < -0.4 is 0 Å². The van der Waals surface area contributed by atoms with Crippen LogP contribution in [0.15, 0.2) is 22.7 Å². The number of aromatic nitrogens is 4. The van der Waals surface area contributed by atoms with Crippen LogP contribution in [0.3, 0.4) is 0 Å². The Morgan fingerprint density at radius 3 is 2.88 bits per heavy atom. The van der Waals surface area contributed by atoms with E-state index in [4.69, 9.17) is 10.0 Å². The second-order valence-electron chi connectivity index (χ2n) is 3.42. The van der Waals surface area contributed by atoms with Crippen LogP contribution in [0.2, 0.25) is 0 Å². The Kier molecular flexibility index (Phi) is 2.93. The summed E-state index contributed by atoms with van der Waals surface area (Å²) in [5.74, 6) is 0.400. The first-order chi connectivity index (χ1) is 7.68. The van der Waals surface area contributed by atoms with E-state index in [0.29, 0.717) is 11.3 Å². The van der Waals surface area contributed by atoms with Crippen LogP contribution in [0, 0.1) is 5.92 Å². The molecule has 3 N–H and O–H groups in total. The zero-order valence-corrected chi connectivity index (χ0v) is 8.57. The lowest BCUT2D eigenvalue weighted by molar-refractivity contribution is 0.420. The number of nitrogens with zero attached hydrogens (tertiary/aromatic N) is 4. The van der Waals surface area contributed by atoms with Crippen LogP contribution in [0.5, 0.6) is 0 Å². The summed E-state index contributed by atoms with van der Waals surface area (Å²) in [7, 11) is -1.57. The highest BCUT2D eigenvalue weighted by Gasteiger charge is 2.20. The summed E-state index contributed by atoms with van der Waals surface area (Å²) in [4.78, 5) is 3.97. The minimum absolute atomic E-state index is 0.0231. The van der Waals surface area contributed by atoms with Gasteiger partial charge in [0.15, 0.2) is 0 Å². The predicted octanol–water partition coefficient (Wildman–Crippen LogP) is -0.801. The molecular formula is C8H10BN5O2. The van der Waals surface area contributed by atoms with Gasteiger partial charge in [-0.25, -0.2) is 0 Å². The van der Waals surface area contributed by atoms with Gasteiger partial charge in [-0.05, 0) is 5.21 Å². The van der Waals surface area contributed by atoms with Crippen molar-refractivity contribution in [1.29, 1.82) is 0 Å². The molecule has 0 spiro atoms. The van der Waals surface area contributed by atoms with Crippen molar-refractivity contribution in [2.45, 2.75) is 6.92 Å². The standard InChI is InChI=1S/C8H10BN5O2/c1-5-3-10-4-6(9(15)16)2-7(5)8-11-13-14-12-8/h2-5,15-16H,1H3,(H,11,12,13,14). The number of allylic oxidation sites excluding steroid dienone is 3.